The predicted octanol–water partition coefficient (Wildman–Crippen LogP) is 3.34. The Morgan fingerprint density at radius 2 is 2.00 bits per heavy atom. The normalized spacial score (nSPS) is 12.5. The Morgan fingerprint density at radius 1 is 1.26 bits per heavy atom. The summed E-state index contributed by atoms with van der Waals surface area (Å²) in [5, 5.41) is 8.05. The Hall–Kier alpha value is -1.09. The summed E-state index contributed by atoms with van der Waals surface area (Å²) in [5.41, 5.74) is 2.73. The number of aromatic nitrogens is 2. The van der Waals surface area contributed by atoms with Gasteiger partial charge < -0.3 is 5.32 Å². The van der Waals surface area contributed by atoms with Crippen LogP contribution in [0.2, 0.25) is 0 Å². The summed E-state index contributed by atoms with van der Waals surface area (Å²) in [6, 6.07) is 2.22. The minimum absolute atomic E-state index is 0.213. The van der Waals surface area contributed by atoms with Crippen LogP contribution in [0.4, 0.5) is 0 Å². The molecule has 0 aliphatic heterocycles. The highest BCUT2D eigenvalue weighted by atomic mass is 15.3. The lowest BCUT2D eigenvalue weighted by Gasteiger charge is -2.19. The third-order valence-corrected chi connectivity index (χ3v) is 3.04. The molecule has 0 atom stereocenters. The largest absolute Gasteiger partial charge is 0.312 e. The van der Waals surface area contributed by atoms with Crippen molar-refractivity contribution in [2.24, 2.45) is 0 Å². The highest BCUT2D eigenvalue weighted by Crippen LogP contribution is 2.07. The lowest BCUT2D eigenvalue weighted by atomic mass is 10.1. The van der Waals surface area contributed by atoms with Gasteiger partial charge in [0.25, 0.3) is 0 Å². The van der Waals surface area contributed by atoms with E-state index in [0.29, 0.717) is 0 Å². The van der Waals surface area contributed by atoms with Gasteiger partial charge in [0.2, 0.25) is 0 Å². The zero-order valence-electron chi connectivity index (χ0n) is 13.2. The van der Waals surface area contributed by atoms with E-state index in [1.54, 1.807) is 0 Å². The van der Waals surface area contributed by atoms with E-state index in [0.717, 1.165) is 32.4 Å². The zero-order chi connectivity index (χ0) is 14.3. The van der Waals surface area contributed by atoms with Gasteiger partial charge in [-0.15, -0.1) is 0 Å². The van der Waals surface area contributed by atoms with E-state index in [9.17, 15) is 0 Å². The first-order chi connectivity index (χ1) is 8.96. The number of aryl methyl sites for hydroxylation is 2. The minimum Gasteiger partial charge on any atom is -0.312 e. The molecule has 0 saturated carbocycles. The fraction of sp³-hybridized carbons (Fsp3) is 0.688. The van der Waals surface area contributed by atoms with Gasteiger partial charge in [0.05, 0.1) is 5.69 Å². The summed E-state index contributed by atoms with van der Waals surface area (Å²) in [6.07, 6.45) is 7.60. The number of allylic oxidation sites excluding steroid dienone is 1. The molecule has 1 rings (SSSR count). The number of nitrogens with one attached hydrogen (secondary N) is 1. The third-order valence-electron chi connectivity index (χ3n) is 3.04. The van der Waals surface area contributed by atoms with E-state index in [4.69, 9.17) is 0 Å². The van der Waals surface area contributed by atoms with Crippen molar-refractivity contribution in [3.05, 3.63) is 29.6 Å². The maximum Gasteiger partial charge on any atom is 0.0624 e. The Balaban J connectivity index is 2.37. The van der Waals surface area contributed by atoms with Gasteiger partial charge in [-0.25, -0.2) is 0 Å². The van der Waals surface area contributed by atoms with Crippen molar-refractivity contribution in [1.29, 1.82) is 0 Å². The molecule has 0 bridgehead atoms. The third kappa shape index (κ3) is 6.06. The molecule has 0 unspecified atom stereocenters. The maximum absolute atomic E-state index is 4.56. The SMILES string of the molecule is CCc1cc(CC=CCCNC(C)(C)C)n(CC)n1. The van der Waals surface area contributed by atoms with E-state index in [1.807, 2.05) is 0 Å². The second kappa shape index (κ2) is 7.49. The minimum atomic E-state index is 0.213. The number of hydrogen-bond acceptors (Lipinski definition) is 2. The van der Waals surface area contributed by atoms with Crippen molar-refractivity contribution in [1.82, 2.24) is 15.1 Å². The van der Waals surface area contributed by atoms with Crippen LogP contribution in [0.25, 0.3) is 0 Å². The molecule has 0 amide bonds. The smallest absolute Gasteiger partial charge is 0.0624 e. The van der Waals surface area contributed by atoms with Gasteiger partial charge in [0, 0.05) is 24.2 Å². The molecule has 1 aromatic rings. The van der Waals surface area contributed by atoms with Crippen molar-refractivity contribution >= 4 is 0 Å². The van der Waals surface area contributed by atoms with E-state index in [-0.39, 0.29) is 5.54 Å². The summed E-state index contributed by atoms with van der Waals surface area (Å²) in [5.74, 6) is 0. The first-order valence-electron chi connectivity index (χ1n) is 7.42. The lowest BCUT2D eigenvalue weighted by molar-refractivity contribution is 0.431. The van der Waals surface area contributed by atoms with Gasteiger partial charge in [-0.3, -0.25) is 4.68 Å². The fourth-order valence-electron chi connectivity index (χ4n) is 1.98. The van der Waals surface area contributed by atoms with Crippen LogP contribution in [0.5, 0.6) is 0 Å². The van der Waals surface area contributed by atoms with Crippen LogP contribution in [0.1, 0.15) is 52.4 Å². The highest BCUT2D eigenvalue weighted by molar-refractivity contribution is 5.13. The molecule has 1 heterocycles. The second-order valence-corrected chi connectivity index (χ2v) is 5.94. The molecular weight excluding hydrogens is 234 g/mol. The number of hydrogen-bond donors (Lipinski definition) is 1. The fourth-order valence-corrected chi connectivity index (χ4v) is 1.98. The van der Waals surface area contributed by atoms with Crippen LogP contribution < -0.4 is 5.32 Å². The highest BCUT2D eigenvalue weighted by Gasteiger charge is 2.06. The summed E-state index contributed by atoms with van der Waals surface area (Å²) in [6.45, 7) is 12.9. The first-order valence-corrected chi connectivity index (χ1v) is 7.42. The van der Waals surface area contributed by atoms with Crippen molar-refractivity contribution in [3.8, 4) is 0 Å². The standard InChI is InChI=1S/C16H29N3/c1-6-14-13-15(19(7-2)18-14)11-9-8-10-12-17-16(3,4)5/h8-9,13,17H,6-7,10-12H2,1-5H3. The first kappa shape index (κ1) is 16.0. The second-order valence-electron chi connectivity index (χ2n) is 5.94. The Morgan fingerprint density at radius 3 is 2.58 bits per heavy atom. The number of rotatable bonds is 7. The molecular formula is C16H29N3. The lowest BCUT2D eigenvalue weighted by Crippen LogP contribution is -2.36. The summed E-state index contributed by atoms with van der Waals surface area (Å²) < 4.78 is 2.11. The Bertz CT molecular complexity index is 397. The van der Waals surface area contributed by atoms with Crippen LogP contribution in [0, 0.1) is 0 Å². The van der Waals surface area contributed by atoms with Crippen LogP contribution in [-0.2, 0) is 19.4 Å². The van der Waals surface area contributed by atoms with Crippen LogP contribution in [-0.4, -0.2) is 21.9 Å². The molecule has 0 aliphatic carbocycles. The van der Waals surface area contributed by atoms with Gasteiger partial charge in [0.15, 0.2) is 0 Å². The molecule has 1 N–H and O–H groups in total. The van der Waals surface area contributed by atoms with Crippen LogP contribution in [0.3, 0.4) is 0 Å². The quantitative estimate of drug-likeness (QED) is 0.604. The summed E-state index contributed by atoms with van der Waals surface area (Å²) >= 11 is 0. The topological polar surface area (TPSA) is 29.9 Å². The maximum atomic E-state index is 4.56. The van der Waals surface area contributed by atoms with Gasteiger partial charge in [-0.1, -0.05) is 19.1 Å². The van der Waals surface area contributed by atoms with E-state index in [2.05, 4.69) is 67.9 Å². The van der Waals surface area contributed by atoms with E-state index >= 15 is 0 Å². The van der Waals surface area contributed by atoms with Gasteiger partial charge in [0.1, 0.15) is 0 Å². The predicted molar refractivity (Wildman–Crippen MR) is 82.5 cm³/mol. The van der Waals surface area contributed by atoms with Gasteiger partial charge in [-0.2, -0.15) is 5.10 Å². The van der Waals surface area contributed by atoms with Crippen molar-refractivity contribution < 1.29 is 0 Å². The van der Waals surface area contributed by atoms with Crippen molar-refractivity contribution in [2.45, 2.75) is 66.0 Å². The molecule has 0 fully saturated rings. The molecule has 19 heavy (non-hydrogen) atoms. The molecule has 3 nitrogen and oxygen atoms in total. The van der Waals surface area contributed by atoms with Gasteiger partial charge in [-0.05, 0) is 53.1 Å². The summed E-state index contributed by atoms with van der Waals surface area (Å²) in [4.78, 5) is 0. The molecule has 0 aromatic carbocycles. The average molecular weight is 263 g/mol. The molecule has 108 valence electrons. The van der Waals surface area contributed by atoms with Crippen molar-refractivity contribution in [3.63, 3.8) is 0 Å². The van der Waals surface area contributed by atoms with E-state index in [1.165, 1.54) is 11.4 Å². The van der Waals surface area contributed by atoms with Crippen LogP contribution in [0.15, 0.2) is 18.2 Å². The molecule has 1 aromatic heterocycles. The molecule has 0 radical (unpaired) electrons. The molecule has 0 aliphatic rings. The zero-order valence-corrected chi connectivity index (χ0v) is 13.2. The number of nitrogens with zero attached hydrogens (tertiary/aromatic N) is 2. The molecule has 0 saturated heterocycles. The Kier molecular flexibility index (Phi) is 6.29. The molecule has 3 heteroatoms. The van der Waals surface area contributed by atoms with Gasteiger partial charge >= 0.3 is 0 Å². The molecule has 0 spiro atoms. The van der Waals surface area contributed by atoms with E-state index < -0.39 is 0 Å². The summed E-state index contributed by atoms with van der Waals surface area (Å²) in [7, 11) is 0. The Labute approximate surface area is 118 Å². The average Bonchev–Trinajstić information content (AvgIpc) is 2.74. The van der Waals surface area contributed by atoms with Crippen LogP contribution >= 0.6 is 0 Å². The monoisotopic (exact) mass is 263 g/mol. The van der Waals surface area contributed by atoms with Crippen molar-refractivity contribution in [2.75, 3.05) is 6.54 Å².